The van der Waals surface area contributed by atoms with E-state index in [-0.39, 0.29) is 12.5 Å². The third-order valence-corrected chi connectivity index (χ3v) is 3.08. The largest absolute Gasteiger partial charge is 0.382 e. The van der Waals surface area contributed by atoms with Crippen molar-refractivity contribution in [3.63, 3.8) is 0 Å². The van der Waals surface area contributed by atoms with Crippen LogP contribution in [-0.2, 0) is 17.9 Å². The minimum Gasteiger partial charge on any atom is -0.382 e. The van der Waals surface area contributed by atoms with Crippen molar-refractivity contribution in [2.45, 2.75) is 13.1 Å². The van der Waals surface area contributed by atoms with Crippen LogP contribution in [0.5, 0.6) is 0 Å². The zero-order valence-electron chi connectivity index (χ0n) is 11.2. The van der Waals surface area contributed by atoms with Gasteiger partial charge in [0.25, 0.3) is 0 Å². The van der Waals surface area contributed by atoms with Gasteiger partial charge in [-0.3, -0.25) is 4.79 Å². The number of rotatable bonds is 4. The molecule has 0 atom stereocenters. The molecule has 21 heavy (non-hydrogen) atoms. The molecule has 0 saturated carbocycles. The van der Waals surface area contributed by atoms with Crippen LogP contribution in [0.1, 0.15) is 5.56 Å². The molecule has 3 aromatic rings. The lowest BCUT2D eigenvalue weighted by Gasteiger charge is -2.06. The Morgan fingerprint density at radius 1 is 1.19 bits per heavy atom. The van der Waals surface area contributed by atoms with Gasteiger partial charge in [-0.15, -0.1) is 0 Å². The molecule has 1 amide bonds. The Morgan fingerprint density at radius 3 is 2.81 bits per heavy atom. The smallest absolute Gasteiger partial charge is 0.240 e. The fraction of sp³-hybridized carbons (Fsp3) is 0.143. The van der Waals surface area contributed by atoms with Crippen molar-refractivity contribution in [1.29, 1.82) is 0 Å². The van der Waals surface area contributed by atoms with Crippen molar-refractivity contribution in [2.24, 2.45) is 0 Å². The van der Waals surface area contributed by atoms with Gasteiger partial charge in [-0.1, -0.05) is 30.3 Å². The van der Waals surface area contributed by atoms with E-state index >= 15 is 0 Å². The highest BCUT2D eigenvalue weighted by molar-refractivity contribution is 5.83. The fourth-order valence-electron chi connectivity index (χ4n) is 2.02. The monoisotopic (exact) mass is 282 g/mol. The topological polar surface area (TPSA) is 98.7 Å². The van der Waals surface area contributed by atoms with Crippen molar-refractivity contribution in [3.8, 4) is 0 Å². The summed E-state index contributed by atoms with van der Waals surface area (Å²) in [7, 11) is 0. The molecule has 0 saturated heterocycles. The zero-order valence-corrected chi connectivity index (χ0v) is 11.2. The van der Waals surface area contributed by atoms with E-state index in [0.717, 1.165) is 5.56 Å². The minimum atomic E-state index is -0.115. The lowest BCUT2D eigenvalue weighted by Crippen LogP contribution is -2.26. The number of imidazole rings is 1. The molecule has 3 N–H and O–H groups in total. The molecule has 0 aliphatic heterocycles. The second-order valence-electron chi connectivity index (χ2n) is 4.57. The maximum Gasteiger partial charge on any atom is 0.240 e. The average Bonchev–Trinajstić information content (AvgIpc) is 2.91. The first-order valence-electron chi connectivity index (χ1n) is 6.46. The summed E-state index contributed by atoms with van der Waals surface area (Å²) < 4.78 is 1.65. The number of hydrogen-bond donors (Lipinski definition) is 2. The molecule has 106 valence electrons. The molecule has 2 heterocycles. The first kappa shape index (κ1) is 13.0. The van der Waals surface area contributed by atoms with Gasteiger partial charge in [0, 0.05) is 6.54 Å². The van der Waals surface area contributed by atoms with Crippen molar-refractivity contribution < 1.29 is 4.79 Å². The van der Waals surface area contributed by atoms with Gasteiger partial charge in [0.2, 0.25) is 5.91 Å². The Morgan fingerprint density at radius 2 is 2.00 bits per heavy atom. The molecule has 0 fully saturated rings. The molecule has 3 rings (SSSR count). The van der Waals surface area contributed by atoms with Crippen molar-refractivity contribution in [1.82, 2.24) is 24.8 Å². The second-order valence-corrected chi connectivity index (χ2v) is 4.57. The molecule has 0 radical (unpaired) electrons. The van der Waals surface area contributed by atoms with Gasteiger partial charge in [-0.25, -0.2) is 15.0 Å². The molecular formula is C14H14N6O. The van der Waals surface area contributed by atoms with Crippen molar-refractivity contribution in [3.05, 3.63) is 48.5 Å². The van der Waals surface area contributed by atoms with Gasteiger partial charge in [0.15, 0.2) is 11.5 Å². The number of carbonyl (C=O) groups is 1. The SMILES string of the molecule is Nc1ncnc2c1ncn2CC(=O)NCc1ccccc1. The number of nitrogens with one attached hydrogen (secondary N) is 1. The van der Waals surface area contributed by atoms with Gasteiger partial charge in [0.05, 0.1) is 6.33 Å². The molecule has 7 nitrogen and oxygen atoms in total. The van der Waals surface area contributed by atoms with E-state index in [0.29, 0.717) is 23.5 Å². The number of fused-ring (bicyclic) bond motifs is 1. The number of aromatic nitrogens is 4. The van der Waals surface area contributed by atoms with E-state index < -0.39 is 0 Å². The number of anilines is 1. The maximum absolute atomic E-state index is 12.0. The Labute approximate surface area is 120 Å². The highest BCUT2D eigenvalue weighted by Gasteiger charge is 2.10. The third-order valence-electron chi connectivity index (χ3n) is 3.08. The summed E-state index contributed by atoms with van der Waals surface area (Å²) in [4.78, 5) is 24.1. The minimum absolute atomic E-state index is 0.115. The molecule has 0 bridgehead atoms. The van der Waals surface area contributed by atoms with Gasteiger partial charge in [0.1, 0.15) is 18.4 Å². The maximum atomic E-state index is 12.0. The Bertz CT molecular complexity index is 767. The third kappa shape index (κ3) is 2.81. The Balaban J connectivity index is 1.68. The first-order chi connectivity index (χ1) is 10.2. The lowest BCUT2D eigenvalue weighted by atomic mass is 10.2. The van der Waals surface area contributed by atoms with Crippen LogP contribution in [0.15, 0.2) is 43.0 Å². The van der Waals surface area contributed by atoms with E-state index in [1.165, 1.54) is 12.7 Å². The Hall–Kier alpha value is -2.96. The van der Waals surface area contributed by atoms with Crippen LogP contribution < -0.4 is 11.1 Å². The van der Waals surface area contributed by atoms with E-state index in [4.69, 9.17) is 5.73 Å². The normalized spacial score (nSPS) is 10.7. The molecule has 0 aliphatic carbocycles. The molecule has 1 aromatic carbocycles. The van der Waals surface area contributed by atoms with E-state index in [2.05, 4.69) is 20.3 Å². The number of hydrogen-bond acceptors (Lipinski definition) is 5. The quantitative estimate of drug-likeness (QED) is 0.734. The summed E-state index contributed by atoms with van der Waals surface area (Å²) in [6.45, 7) is 0.628. The molecule has 2 aromatic heterocycles. The predicted octanol–water partition coefficient (Wildman–Crippen LogP) is 0.725. The Kier molecular flexibility index (Phi) is 3.46. The number of nitrogen functional groups attached to an aromatic ring is 1. The van der Waals surface area contributed by atoms with Crippen LogP contribution in [0.4, 0.5) is 5.82 Å². The summed E-state index contributed by atoms with van der Waals surface area (Å²) in [5.41, 5.74) is 7.82. The highest BCUT2D eigenvalue weighted by Crippen LogP contribution is 2.13. The van der Waals surface area contributed by atoms with E-state index in [1.54, 1.807) is 4.57 Å². The summed E-state index contributed by atoms with van der Waals surface area (Å²) in [5.74, 6) is 0.193. The van der Waals surface area contributed by atoms with Gasteiger partial charge >= 0.3 is 0 Å². The summed E-state index contributed by atoms with van der Waals surface area (Å²) >= 11 is 0. The van der Waals surface area contributed by atoms with Crippen LogP contribution >= 0.6 is 0 Å². The predicted molar refractivity (Wildman–Crippen MR) is 78.0 cm³/mol. The van der Waals surface area contributed by atoms with E-state index in [1.807, 2.05) is 30.3 Å². The highest BCUT2D eigenvalue weighted by atomic mass is 16.1. The number of amides is 1. The van der Waals surface area contributed by atoms with Gasteiger partial charge < -0.3 is 15.6 Å². The van der Waals surface area contributed by atoms with Gasteiger partial charge in [-0.05, 0) is 5.56 Å². The zero-order chi connectivity index (χ0) is 14.7. The van der Waals surface area contributed by atoms with E-state index in [9.17, 15) is 4.79 Å². The van der Waals surface area contributed by atoms with Crippen molar-refractivity contribution in [2.75, 3.05) is 5.73 Å². The molecular weight excluding hydrogens is 268 g/mol. The second kappa shape index (κ2) is 5.58. The number of benzene rings is 1. The summed E-state index contributed by atoms with van der Waals surface area (Å²) in [6.07, 6.45) is 2.90. The first-order valence-corrected chi connectivity index (χ1v) is 6.46. The fourth-order valence-corrected chi connectivity index (χ4v) is 2.02. The average molecular weight is 282 g/mol. The van der Waals surface area contributed by atoms with Crippen LogP contribution in [0.2, 0.25) is 0 Å². The van der Waals surface area contributed by atoms with Crippen LogP contribution in [-0.4, -0.2) is 25.4 Å². The van der Waals surface area contributed by atoms with Crippen molar-refractivity contribution >= 4 is 22.9 Å². The molecule has 0 unspecified atom stereocenters. The number of nitrogens with zero attached hydrogens (tertiary/aromatic N) is 4. The number of carbonyl (C=O) groups excluding carboxylic acids is 1. The van der Waals surface area contributed by atoms with Crippen LogP contribution in [0.3, 0.4) is 0 Å². The number of nitrogens with two attached hydrogens (primary N) is 1. The standard InChI is InChI=1S/C14H14N6O/c15-13-12-14(18-8-17-13)20(9-19-12)7-11(21)16-6-10-4-2-1-3-5-10/h1-5,8-9H,6-7H2,(H,16,21)(H2,15,17,18). The molecule has 0 spiro atoms. The van der Waals surface area contributed by atoms with Crippen LogP contribution in [0.25, 0.3) is 11.2 Å². The van der Waals surface area contributed by atoms with Crippen LogP contribution in [0, 0.1) is 0 Å². The molecule has 7 heteroatoms. The molecule has 0 aliphatic rings. The lowest BCUT2D eigenvalue weighted by molar-refractivity contribution is -0.121. The summed E-state index contributed by atoms with van der Waals surface area (Å²) in [5, 5.41) is 2.85. The summed E-state index contributed by atoms with van der Waals surface area (Å²) in [6, 6.07) is 9.73. The van der Waals surface area contributed by atoms with Gasteiger partial charge in [-0.2, -0.15) is 0 Å².